The highest BCUT2D eigenvalue weighted by Gasteiger charge is 2.50. The quantitative estimate of drug-likeness (QED) is 0.851. The molecular weight excluding hydrogens is 290 g/mol. The Kier molecular flexibility index (Phi) is 3.44. The van der Waals surface area contributed by atoms with E-state index < -0.39 is 11.6 Å². The fourth-order valence-electron chi connectivity index (χ4n) is 2.77. The van der Waals surface area contributed by atoms with Gasteiger partial charge in [-0.05, 0) is 31.2 Å². The van der Waals surface area contributed by atoms with Crippen LogP contribution >= 0.6 is 11.3 Å². The predicted octanol–water partition coefficient (Wildman–Crippen LogP) is 1.14. The molecule has 3 rings (SSSR count). The summed E-state index contributed by atoms with van der Waals surface area (Å²) in [6.07, 6.45) is 1.97. The highest BCUT2D eigenvalue weighted by Crippen LogP contribution is 2.31. The molecule has 1 aromatic heterocycles. The number of amides is 4. The minimum atomic E-state index is -1.06. The van der Waals surface area contributed by atoms with E-state index in [0.717, 1.165) is 22.6 Å². The third-order valence-corrected chi connectivity index (χ3v) is 5.13. The number of thiophene rings is 1. The van der Waals surface area contributed by atoms with Crippen molar-refractivity contribution < 1.29 is 14.4 Å². The van der Waals surface area contributed by atoms with Crippen molar-refractivity contribution in [2.75, 3.05) is 19.6 Å². The average Bonchev–Trinajstić information content (AvgIpc) is 3.17. The van der Waals surface area contributed by atoms with Crippen molar-refractivity contribution in [3.05, 3.63) is 22.4 Å². The first-order valence-corrected chi connectivity index (χ1v) is 7.86. The van der Waals surface area contributed by atoms with Crippen molar-refractivity contribution in [1.82, 2.24) is 15.1 Å². The standard InChI is InChI=1S/C14H17N3O3S/c1-14(10-5-4-8-21-10)12(19)17(13(20)15-14)9-11(18)16-6-2-3-7-16/h4-5,8H,2-3,6-7,9H2,1H3,(H,15,20)/t14-/m0/s1. The number of urea groups is 1. The van der Waals surface area contributed by atoms with Crippen molar-refractivity contribution in [1.29, 1.82) is 0 Å². The number of rotatable bonds is 3. The number of imide groups is 1. The van der Waals surface area contributed by atoms with E-state index in [1.54, 1.807) is 11.8 Å². The van der Waals surface area contributed by atoms with Gasteiger partial charge in [0.05, 0.1) is 0 Å². The Morgan fingerprint density at radius 2 is 2.10 bits per heavy atom. The SMILES string of the molecule is C[C@@]1(c2cccs2)NC(=O)N(CC(=O)N2CCCC2)C1=O. The molecule has 1 atom stereocenters. The second-order valence-corrected chi connectivity index (χ2v) is 6.46. The van der Waals surface area contributed by atoms with Crippen LogP contribution in [0.4, 0.5) is 4.79 Å². The number of carbonyl (C=O) groups is 3. The Morgan fingerprint density at radius 1 is 1.38 bits per heavy atom. The van der Waals surface area contributed by atoms with E-state index >= 15 is 0 Å². The molecule has 0 unspecified atom stereocenters. The number of nitrogens with one attached hydrogen (secondary N) is 1. The number of nitrogens with zero attached hydrogens (tertiary/aromatic N) is 2. The molecule has 0 saturated carbocycles. The van der Waals surface area contributed by atoms with E-state index in [9.17, 15) is 14.4 Å². The van der Waals surface area contributed by atoms with Gasteiger partial charge in [0.1, 0.15) is 6.54 Å². The minimum absolute atomic E-state index is 0.161. The zero-order chi connectivity index (χ0) is 15.0. The molecule has 2 fully saturated rings. The maximum absolute atomic E-state index is 12.6. The van der Waals surface area contributed by atoms with Crippen molar-refractivity contribution in [2.24, 2.45) is 0 Å². The van der Waals surface area contributed by atoms with Crippen LogP contribution in [0.5, 0.6) is 0 Å². The summed E-state index contributed by atoms with van der Waals surface area (Å²) in [6.45, 7) is 2.93. The lowest BCUT2D eigenvalue weighted by Gasteiger charge is -2.21. The topological polar surface area (TPSA) is 69.7 Å². The van der Waals surface area contributed by atoms with Crippen LogP contribution in [0, 0.1) is 0 Å². The maximum atomic E-state index is 12.6. The number of hydrogen-bond acceptors (Lipinski definition) is 4. The van der Waals surface area contributed by atoms with Crippen LogP contribution in [-0.2, 0) is 15.1 Å². The summed E-state index contributed by atoms with van der Waals surface area (Å²) < 4.78 is 0. The summed E-state index contributed by atoms with van der Waals surface area (Å²) in [5.74, 6) is -0.520. The van der Waals surface area contributed by atoms with Crippen molar-refractivity contribution in [3.63, 3.8) is 0 Å². The molecule has 0 spiro atoms. The zero-order valence-electron chi connectivity index (χ0n) is 11.8. The third-order valence-electron chi connectivity index (χ3n) is 4.04. The Labute approximate surface area is 126 Å². The van der Waals surface area contributed by atoms with Crippen molar-refractivity contribution >= 4 is 29.2 Å². The van der Waals surface area contributed by atoms with Gasteiger partial charge in [0.25, 0.3) is 5.91 Å². The van der Waals surface area contributed by atoms with E-state index in [0.29, 0.717) is 13.1 Å². The molecule has 7 heteroatoms. The maximum Gasteiger partial charge on any atom is 0.325 e. The summed E-state index contributed by atoms with van der Waals surface area (Å²) in [6, 6.07) is 3.15. The van der Waals surface area contributed by atoms with Crippen LogP contribution in [0.15, 0.2) is 17.5 Å². The van der Waals surface area contributed by atoms with Gasteiger partial charge in [-0.3, -0.25) is 14.5 Å². The average molecular weight is 307 g/mol. The normalized spacial score (nSPS) is 25.6. The second-order valence-electron chi connectivity index (χ2n) is 5.51. The van der Waals surface area contributed by atoms with Gasteiger partial charge in [0.2, 0.25) is 5.91 Å². The van der Waals surface area contributed by atoms with Gasteiger partial charge in [-0.25, -0.2) is 4.79 Å². The van der Waals surface area contributed by atoms with E-state index in [1.807, 2.05) is 17.5 Å². The van der Waals surface area contributed by atoms with Crippen LogP contribution in [0.3, 0.4) is 0 Å². The molecular formula is C14H17N3O3S. The molecule has 1 N–H and O–H groups in total. The van der Waals surface area contributed by atoms with E-state index in [2.05, 4.69) is 5.32 Å². The second kappa shape index (κ2) is 5.14. The van der Waals surface area contributed by atoms with Gasteiger partial charge < -0.3 is 10.2 Å². The van der Waals surface area contributed by atoms with Crippen molar-refractivity contribution in [3.8, 4) is 0 Å². The van der Waals surface area contributed by atoms with E-state index in [-0.39, 0.29) is 18.4 Å². The lowest BCUT2D eigenvalue weighted by Crippen LogP contribution is -2.43. The van der Waals surface area contributed by atoms with Gasteiger partial charge >= 0.3 is 6.03 Å². The minimum Gasteiger partial charge on any atom is -0.341 e. The van der Waals surface area contributed by atoms with Crippen LogP contribution in [-0.4, -0.2) is 47.3 Å². The van der Waals surface area contributed by atoms with E-state index in [1.165, 1.54) is 11.3 Å². The van der Waals surface area contributed by atoms with Crippen molar-refractivity contribution in [2.45, 2.75) is 25.3 Å². The Balaban J connectivity index is 1.76. The molecule has 0 radical (unpaired) electrons. The van der Waals surface area contributed by atoms with Crippen LogP contribution in [0.1, 0.15) is 24.6 Å². The van der Waals surface area contributed by atoms with Gasteiger partial charge in [-0.2, -0.15) is 0 Å². The molecule has 3 heterocycles. The van der Waals surface area contributed by atoms with Gasteiger partial charge in [-0.1, -0.05) is 6.07 Å². The monoisotopic (exact) mass is 307 g/mol. The lowest BCUT2D eigenvalue weighted by atomic mass is 10.0. The molecule has 0 aliphatic carbocycles. The van der Waals surface area contributed by atoms with Crippen LogP contribution in [0.2, 0.25) is 0 Å². The smallest absolute Gasteiger partial charge is 0.325 e. The third kappa shape index (κ3) is 2.31. The van der Waals surface area contributed by atoms with Gasteiger partial charge in [0.15, 0.2) is 5.54 Å². The number of likely N-dealkylation sites (tertiary alicyclic amines) is 1. The van der Waals surface area contributed by atoms with Gasteiger partial charge in [-0.15, -0.1) is 11.3 Å². The molecule has 0 bridgehead atoms. The zero-order valence-corrected chi connectivity index (χ0v) is 12.6. The molecule has 21 heavy (non-hydrogen) atoms. The van der Waals surface area contributed by atoms with E-state index in [4.69, 9.17) is 0 Å². The number of carbonyl (C=O) groups excluding carboxylic acids is 3. The molecule has 4 amide bonds. The van der Waals surface area contributed by atoms with Crippen LogP contribution in [0.25, 0.3) is 0 Å². The Morgan fingerprint density at radius 3 is 2.71 bits per heavy atom. The van der Waals surface area contributed by atoms with Gasteiger partial charge in [0, 0.05) is 18.0 Å². The molecule has 0 aromatic carbocycles. The summed E-state index contributed by atoms with van der Waals surface area (Å²) in [5, 5.41) is 4.56. The molecule has 2 aliphatic rings. The highest BCUT2D eigenvalue weighted by molar-refractivity contribution is 7.10. The Hall–Kier alpha value is -1.89. The largest absolute Gasteiger partial charge is 0.341 e. The molecule has 1 aromatic rings. The lowest BCUT2D eigenvalue weighted by molar-refractivity contribution is -0.138. The number of hydrogen-bond donors (Lipinski definition) is 1. The predicted molar refractivity (Wildman–Crippen MR) is 77.7 cm³/mol. The first-order valence-electron chi connectivity index (χ1n) is 6.98. The highest BCUT2D eigenvalue weighted by atomic mass is 32.1. The molecule has 2 saturated heterocycles. The summed E-state index contributed by atoms with van der Waals surface area (Å²) in [7, 11) is 0. The summed E-state index contributed by atoms with van der Waals surface area (Å²) >= 11 is 1.41. The Bertz CT molecular complexity index is 580. The molecule has 112 valence electrons. The fraction of sp³-hybridized carbons (Fsp3) is 0.500. The molecule has 2 aliphatic heterocycles. The van der Waals surface area contributed by atoms with Crippen LogP contribution < -0.4 is 5.32 Å². The fourth-order valence-corrected chi connectivity index (χ4v) is 3.61. The molecule has 6 nitrogen and oxygen atoms in total. The first-order chi connectivity index (χ1) is 10.0. The summed E-state index contributed by atoms with van der Waals surface area (Å²) in [5.41, 5.74) is -1.06. The first kappa shape index (κ1) is 14.1. The summed E-state index contributed by atoms with van der Waals surface area (Å²) in [4.78, 5) is 40.3.